The molecule has 0 saturated heterocycles. The van der Waals surface area contributed by atoms with Crippen LogP contribution in [0.2, 0.25) is 0 Å². The molecule has 0 spiro atoms. The molecule has 0 amide bonds. The van der Waals surface area contributed by atoms with Gasteiger partial charge >= 0.3 is 5.97 Å². The van der Waals surface area contributed by atoms with Gasteiger partial charge in [0, 0.05) is 6.54 Å². The van der Waals surface area contributed by atoms with Gasteiger partial charge in [-0.25, -0.2) is 0 Å². The average molecular weight is 235 g/mol. The molecule has 3 heteroatoms. The third-order valence-electron chi connectivity index (χ3n) is 2.79. The van der Waals surface area contributed by atoms with E-state index in [0.717, 1.165) is 5.56 Å². The van der Waals surface area contributed by atoms with E-state index in [-0.39, 0.29) is 0 Å². The van der Waals surface area contributed by atoms with Gasteiger partial charge in [-0.2, -0.15) is 0 Å². The standard InChI is InChI=1S/C14H21NO2/c1-11(2)9-13(14(16)17)15(3)10-12-7-5-4-6-8-12/h4-8,11,13H,9-10H2,1-3H3,(H,16,17)/t13-/m0/s1. The van der Waals surface area contributed by atoms with Gasteiger partial charge in [0.05, 0.1) is 0 Å². The lowest BCUT2D eigenvalue weighted by molar-refractivity contribution is -0.143. The molecule has 0 aliphatic carbocycles. The maximum Gasteiger partial charge on any atom is 0.320 e. The highest BCUT2D eigenvalue weighted by Crippen LogP contribution is 2.13. The van der Waals surface area contributed by atoms with E-state index in [1.807, 2.05) is 56.1 Å². The Morgan fingerprint density at radius 2 is 1.88 bits per heavy atom. The lowest BCUT2D eigenvalue weighted by atomic mass is 10.0. The molecule has 0 aliphatic heterocycles. The summed E-state index contributed by atoms with van der Waals surface area (Å²) < 4.78 is 0. The SMILES string of the molecule is CC(C)C[C@@H](C(=O)O)N(C)Cc1ccccc1. The predicted octanol–water partition coefficient (Wildman–Crippen LogP) is 2.62. The summed E-state index contributed by atoms with van der Waals surface area (Å²) in [6, 6.07) is 9.54. The highest BCUT2D eigenvalue weighted by atomic mass is 16.4. The van der Waals surface area contributed by atoms with E-state index in [0.29, 0.717) is 18.9 Å². The molecule has 94 valence electrons. The van der Waals surface area contributed by atoms with E-state index in [4.69, 9.17) is 0 Å². The van der Waals surface area contributed by atoms with Gasteiger partial charge in [0.15, 0.2) is 0 Å². The van der Waals surface area contributed by atoms with Crippen molar-refractivity contribution in [3.8, 4) is 0 Å². The van der Waals surface area contributed by atoms with Crippen molar-refractivity contribution in [2.24, 2.45) is 5.92 Å². The first-order valence-electron chi connectivity index (χ1n) is 5.97. The Morgan fingerprint density at radius 3 is 2.35 bits per heavy atom. The average Bonchev–Trinajstić information content (AvgIpc) is 2.26. The molecule has 0 saturated carbocycles. The number of aliphatic carboxylic acids is 1. The van der Waals surface area contributed by atoms with Crippen LogP contribution in [0.15, 0.2) is 30.3 Å². The summed E-state index contributed by atoms with van der Waals surface area (Å²) in [6.45, 7) is 4.77. The van der Waals surface area contributed by atoms with Crippen LogP contribution in [0.3, 0.4) is 0 Å². The molecule has 1 N–H and O–H groups in total. The molecule has 0 aliphatic rings. The summed E-state index contributed by atoms with van der Waals surface area (Å²) in [5, 5.41) is 9.23. The van der Waals surface area contributed by atoms with Crippen LogP contribution in [0, 0.1) is 5.92 Å². The van der Waals surface area contributed by atoms with Crippen molar-refractivity contribution in [3.63, 3.8) is 0 Å². The van der Waals surface area contributed by atoms with Crippen molar-refractivity contribution in [2.45, 2.75) is 32.9 Å². The lowest BCUT2D eigenvalue weighted by Gasteiger charge is -2.26. The monoisotopic (exact) mass is 235 g/mol. The maximum atomic E-state index is 11.2. The van der Waals surface area contributed by atoms with Crippen molar-refractivity contribution in [1.82, 2.24) is 4.90 Å². The van der Waals surface area contributed by atoms with Gasteiger partial charge in [-0.1, -0.05) is 44.2 Å². The second-order valence-electron chi connectivity index (χ2n) is 4.88. The van der Waals surface area contributed by atoms with Crippen LogP contribution < -0.4 is 0 Å². The van der Waals surface area contributed by atoms with Crippen LogP contribution in [0.5, 0.6) is 0 Å². The number of hydrogen-bond acceptors (Lipinski definition) is 2. The maximum absolute atomic E-state index is 11.2. The Morgan fingerprint density at radius 1 is 1.29 bits per heavy atom. The third-order valence-corrected chi connectivity index (χ3v) is 2.79. The zero-order valence-electron chi connectivity index (χ0n) is 10.8. The summed E-state index contributed by atoms with van der Waals surface area (Å²) in [4.78, 5) is 13.1. The fourth-order valence-corrected chi connectivity index (χ4v) is 1.90. The number of nitrogens with zero attached hydrogens (tertiary/aromatic N) is 1. The first kappa shape index (κ1) is 13.7. The van der Waals surface area contributed by atoms with Crippen LogP contribution in [-0.2, 0) is 11.3 Å². The molecular weight excluding hydrogens is 214 g/mol. The first-order chi connectivity index (χ1) is 8.00. The Labute approximate surface area is 103 Å². The number of likely N-dealkylation sites (N-methyl/N-ethyl adjacent to an activating group) is 1. The van der Waals surface area contributed by atoms with Gasteiger partial charge < -0.3 is 5.11 Å². The summed E-state index contributed by atoms with van der Waals surface area (Å²) in [5.74, 6) is -0.355. The van der Waals surface area contributed by atoms with Crippen molar-refractivity contribution in [3.05, 3.63) is 35.9 Å². The molecule has 0 radical (unpaired) electrons. The number of carboxylic acid groups (broad SMARTS) is 1. The summed E-state index contributed by atoms with van der Waals surface area (Å²) in [5.41, 5.74) is 1.14. The highest BCUT2D eigenvalue weighted by Gasteiger charge is 2.23. The van der Waals surface area contributed by atoms with Crippen LogP contribution in [-0.4, -0.2) is 29.1 Å². The van der Waals surface area contributed by atoms with E-state index >= 15 is 0 Å². The van der Waals surface area contributed by atoms with E-state index < -0.39 is 12.0 Å². The number of hydrogen-bond donors (Lipinski definition) is 1. The smallest absolute Gasteiger partial charge is 0.320 e. The van der Waals surface area contributed by atoms with Crippen molar-refractivity contribution < 1.29 is 9.90 Å². The second kappa shape index (κ2) is 6.40. The molecule has 0 heterocycles. The number of benzene rings is 1. The number of rotatable bonds is 6. The second-order valence-corrected chi connectivity index (χ2v) is 4.88. The Balaban J connectivity index is 2.65. The van der Waals surface area contributed by atoms with E-state index in [1.54, 1.807) is 0 Å². The van der Waals surface area contributed by atoms with Crippen LogP contribution in [0.25, 0.3) is 0 Å². The van der Waals surface area contributed by atoms with E-state index in [2.05, 4.69) is 0 Å². The molecule has 0 aromatic heterocycles. The highest BCUT2D eigenvalue weighted by molar-refractivity contribution is 5.73. The van der Waals surface area contributed by atoms with Crippen LogP contribution in [0.1, 0.15) is 25.8 Å². The van der Waals surface area contributed by atoms with Gasteiger partial charge in [0.1, 0.15) is 6.04 Å². The van der Waals surface area contributed by atoms with Crippen LogP contribution in [0.4, 0.5) is 0 Å². The molecule has 0 bridgehead atoms. The predicted molar refractivity (Wildman–Crippen MR) is 68.8 cm³/mol. The topological polar surface area (TPSA) is 40.5 Å². The zero-order chi connectivity index (χ0) is 12.8. The first-order valence-corrected chi connectivity index (χ1v) is 5.97. The van der Waals surface area contributed by atoms with Crippen molar-refractivity contribution in [1.29, 1.82) is 0 Å². The molecule has 1 atom stereocenters. The van der Waals surface area contributed by atoms with Crippen molar-refractivity contribution >= 4 is 5.97 Å². The fraction of sp³-hybridized carbons (Fsp3) is 0.500. The van der Waals surface area contributed by atoms with Gasteiger partial charge in [0.25, 0.3) is 0 Å². The Hall–Kier alpha value is -1.35. The van der Waals surface area contributed by atoms with Gasteiger partial charge in [-0.3, -0.25) is 9.69 Å². The minimum Gasteiger partial charge on any atom is -0.480 e. The lowest BCUT2D eigenvalue weighted by Crippen LogP contribution is -2.38. The summed E-state index contributed by atoms with van der Waals surface area (Å²) in [6.07, 6.45) is 0.679. The third kappa shape index (κ3) is 4.57. The zero-order valence-corrected chi connectivity index (χ0v) is 10.8. The van der Waals surface area contributed by atoms with Gasteiger partial charge in [-0.15, -0.1) is 0 Å². The minimum atomic E-state index is -0.739. The molecule has 0 fully saturated rings. The molecule has 17 heavy (non-hydrogen) atoms. The van der Waals surface area contributed by atoms with Crippen LogP contribution >= 0.6 is 0 Å². The Kier molecular flexibility index (Phi) is 5.16. The van der Waals surface area contributed by atoms with E-state index in [9.17, 15) is 9.90 Å². The number of carboxylic acids is 1. The fourth-order valence-electron chi connectivity index (χ4n) is 1.90. The molecular formula is C14H21NO2. The quantitative estimate of drug-likeness (QED) is 0.824. The number of carbonyl (C=O) groups is 1. The molecule has 1 aromatic carbocycles. The molecule has 1 rings (SSSR count). The largest absolute Gasteiger partial charge is 0.480 e. The summed E-state index contributed by atoms with van der Waals surface area (Å²) in [7, 11) is 1.87. The normalized spacial score (nSPS) is 13.0. The molecule has 0 unspecified atom stereocenters. The minimum absolute atomic E-state index is 0.384. The van der Waals surface area contributed by atoms with Crippen molar-refractivity contribution in [2.75, 3.05) is 7.05 Å². The molecule has 3 nitrogen and oxygen atoms in total. The van der Waals surface area contributed by atoms with Gasteiger partial charge in [-0.05, 0) is 24.9 Å². The van der Waals surface area contributed by atoms with E-state index in [1.165, 1.54) is 0 Å². The molecule has 1 aromatic rings. The summed E-state index contributed by atoms with van der Waals surface area (Å²) >= 11 is 0. The Bertz CT molecular complexity index is 348. The van der Waals surface area contributed by atoms with Gasteiger partial charge in [0.2, 0.25) is 0 Å².